The van der Waals surface area contributed by atoms with Crippen molar-refractivity contribution in [2.24, 2.45) is 0 Å². The molecule has 0 atom stereocenters. The number of aromatic nitrogens is 3. The topological polar surface area (TPSA) is 63.6 Å². The summed E-state index contributed by atoms with van der Waals surface area (Å²) in [5.41, 5.74) is 0. The van der Waals surface area contributed by atoms with Gasteiger partial charge in [0.1, 0.15) is 18.8 Å². The van der Waals surface area contributed by atoms with E-state index in [-0.39, 0.29) is 6.17 Å². The van der Waals surface area contributed by atoms with E-state index in [1.807, 2.05) is 0 Å². The molecule has 19 heavy (non-hydrogen) atoms. The Hall–Kier alpha value is -1.15. The highest BCUT2D eigenvalue weighted by Crippen LogP contribution is 2.23. The SMILES string of the molecule is c1ncnc(C(N2CCOCC2)N2CCOCC2)n1. The Kier molecular flexibility index (Phi) is 4.29. The molecule has 1 aromatic heterocycles. The van der Waals surface area contributed by atoms with Gasteiger partial charge in [0.2, 0.25) is 0 Å². The lowest BCUT2D eigenvalue weighted by molar-refractivity contribution is -0.0706. The molecule has 0 unspecified atom stereocenters. The predicted molar refractivity (Wildman–Crippen MR) is 67.4 cm³/mol. The van der Waals surface area contributed by atoms with E-state index in [0.29, 0.717) is 0 Å². The quantitative estimate of drug-likeness (QED) is 0.732. The van der Waals surface area contributed by atoms with E-state index in [1.54, 1.807) is 12.7 Å². The van der Waals surface area contributed by atoms with Gasteiger partial charge in [0.05, 0.1) is 26.4 Å². The van der Waals surface area contributed by atoms with Crippen LogP contribution in [0, 0.1) is 0 Å². The normalized spacial score (nSPS) is 22.8. The number of rotatable bonds is 3. The van der Waals surface area contributed by atoms with Gasteiger partial charge in [-0.3, -0.25) is 9.80 Å². The van der Waals surface area contributed by atoms with Crippen molar-refractivity contribution < 1.29 is 9.47 Å². The van der Waals surface area contributed by atoms with Crippen LogP contribution in [0.4, 0.5) is 0 Å². The summed E-state index contributed by atoms with van der Waals surface area (Å²) in [4.78, 5) is 17.4. The first kappa shape index (κ1) is 12.9. The fourth-order valence-corrected chi connectivity index (χ4v) is 2.58. The minimum Gasteiger partial charge on any atom is -0.379 e. The highest BCUT2D eigenvalue weighted by Gasteiger charge is 2.31. The Morgan fingerprint density at radius 1 is 0.842 bits per heavy atom. The molecule has 0 saturated carbocycles. The zero-order valence-electron chi connectivity index (χ0n) is 10.9. The number of morpholine rings is 2. The molecular weight excluding hydrogens is 246 g/mol. The molecule has 0 amide bonds. The number of hydrogen-bond donors (Lipinski definition) is 0. The van der Waals surface area contributed by atoms with Crippen LogP contribution in [0.5, 0.6) is 0 Å². The maximum Gasteiger partial charge on any atom is 0.163 e. The van der Waals surface area contributed by atoms with Gasteiger partial charge < -0.3 is 9.47 Å². The molecule has 2 aliphatic rings. The molecule has 2 saturated heterocycles. The lowest BCUT2D eigenvalue weighted by Crippen LogP contribution is -2.50. The van der Waals surface area contributed by atoms with E-state index in [2.05, 4.69) is 24.8 Å². The van der Waals surface area contributed by atoms with Crippen LogP contribution >= 0.6 is 0 Å². The Morgan fingerprint density at radius 3 is 1.79 bits per heavy atom. The van der Waals surface area contributed by atoms with Crippen molar-refractivity contribution in [3.63, 3.8) is 0 Å². The molecule has 7 heteroatoms. The Labute approximate surface area is 112 Å². The van der Waals surface area contributed by atoms with Crippen LogP contribution in [0.3, 0.4) is 0 Å². The Bertz CT molecular complexity index is 361. The fraction of sp³-hybridized carbons (Fsp3) is 0.750. The van der Waals surface area contributed by atoms with Gasteiger partial charge in [0, 0.05) is 26.2 Å². The van der Waals surface area contributed by atoms with Gasteiger partial charge in [-0.05, 0) is 0 Å². The molecule has 7 nitrogen and oxygen atoms in total. The molecule has 3 heterocycles. The second-order valence-electron chi connectivity index (χ2n) is 4.67. The summed E-state index contributed by atoms with van der Waals surface area (Å²) < 4.78 is 10.9. The molecule has 0 N–H and O–H groups in total. The first-order valence-electron chi connectivity index (χ1n) is 6.70. The van der Waals surface area contributed by atoms with Gasteiger partial charge in [0.15, 0.2) is 5.82 Å². The molecule has 1 aromatic rings. The number of hydrogen-bond acceptors (Lipinski definition) is 7. The summed E-state index contributed by atoms with van der Waals surface area (Å²) in [5, 5.41) is 0. The van der Waals surface area contributed by atoms with Crippen molar-refractivity contribution in [3.05, 3.63) is 18.5 Å². The smallest absolute Gasteiger partial charge is 0.163 e. The van der Waals surface area contributed by atoms with E-state index >= 15 is 0 Å². The first-order chi connectivity index (χ1) is 9.45. The molecule has 2 aliphatic heterocycles. The Balaban J connectivity index is 1.81. The summed E-state index contributed by atoms with van der Waals surface area (Å²) in [6.45, 7) is 6.72. The largest absolute Gasteiger partial charge is 0.379 e. The first-order valence-corrected chi connectivity index (χ1v) is 6.70. The van der Waals surface area contributed by atoms with Gasteiger partial charge >= 0.3 is 0 Å². The molecule has 3 rings (SSSR count). The van der Waals surface area contributed by atoms with Gasteiger partial charge in [0.25, 0.3) is 0 Å². The summed E-state index contributed by atoms with van der Waals surface area (Å²) in [7, 11) is 0. The van der Waals surface area contributed by atoms with E-state index in [0.717, 1.165) is 58.4 Å². The maximum absolute atomic E-state index is 5.44. The minimum absolute atomic E-state index is 0.107. The van der Waals surface area contributed by atoms with Crippen LogP contribution in [0.15, 0.2) is 12.7 Å². The highest BCUT2D eigenvalue weighted by molar-refractivity contribution is 4.94. The summed E-state index contributed by atoms with van der Waals surface area (Å²) in [6.07, 6.45) is 3.24. The van der Waals surface area contributed by atoms with Crippen molar-refractivity contribution >= 4 is 0 Å². The standard InChI is InChI=1S/C12H19N5O2/c1-5-18-6-2-16(1)12(11-14-9-13-10-15-11)17-3-7-19-8-4-17/h9-10,12H,1-8H2. The second kappa shape index (κ2) is 6.33. The lowest BCUT2D eigenvalue weighted by Gasteiger charge is -2.41. The van der Waals surface area contributed by atoms with Crippen molar-refractivity contribution in [2.45, 2.75) is 6.17 Å². The molecule has 2 fully saturated rings. The van der Waals surface area contributed by atoms with Gasteiger partial charge in [-0.15, -0.1) is 0 Å². The van der Waals surface area contributed by atoms with E-state index in [4.69, 9.17) is 9.47 Å². The third-order valence-electron chi connectivity index (χ3n) is 3.53. The molecule has 104 valence electrons. The van der Waals surface area contributed by atoms with Gasteiger partial charge in [-0.1, -0.05) is 0 Å². The number of ether oxygens (including phenoxy) is 2. The average molecular weight is 265 g/mol. The molecule has 0 aromatic carbocycles. The minimum atomic E-state index is 0.107. The van der Waals surface area contributed by atoms with Gasteiger partial charge in [-0.2, -0.15) is 0 Å². The summed E-state index contributed by atoms with van der Waals surface area (Å²) >= 11 is 0. The van der Waals surface area contributed by atoms with Crippen LogP contribution < -0.4 is 0 Å². The van der Waals surface area contributed by atoms with Gasteiger partial charge in [-0.25, -0.2) is 15.0 Å². The predicted octanol–water partition coefficient (Wildman–Crippen LogP) is -0.465. The highest BCUT2D eigenvalue weighted by atomic mass is 16.5. The zero-order chi connectivity index (χ0) is 12.9. The molecular formula is C12H19N5O2. The molecule has 0 spiro atoms. The van der Waals surface area contributed by atoms with E-state index < -0.39 is 0 Å². The van der Waals surface area contributed by atoms with Crippen LogP contribution in [0.1, 0.15) is 12.0 Å². The van der Waals surface area contributed by atoms with Crippen LogP contribution in [0.25, 0.3) is 0 Å². The fourth-order valence-electron chi connectivity index (χ4n) is 2.58. The molecule has 0 aliphatic carbocycles. The monoisotopic (exact) mass is 265 g/mol. The third-order valence-corrected chi connectivity index (χ3v) is 3.53. The molecule has 0 radical (unpaired) electrons. The third kappa shape index (κ3) is 3.06. The second-order valence-corrected chi connectivity index (χ2v) is 4.67. The maximum atomic E-state index is 5.44. The van der Waals surface area contributed by atoms with Crippen molar-refractivity contribution in [1.82, 2.24) is 24.8 Å². The molecule has 0 bridgehead atoms. The number of nitrogens with zero attached hydrogens (tertiary/aromatic N) is 5. The average Bonchev–Trinajstić information content (AvgIpc) is 2.51. The van der Waals surface area contributed by atoms with Crippen molar-refractivity contribution in [1.29, 1.82) is 0 Å². The van der Waals surface area contributed by atoms with E-state index in [9.17, 15) is 0 Å². The van der Waals surface area contributed by atoms with Crippen LogP contribution in [0.2, 0.25) is 0 Å². The van der Waals surface area contributed by atoms with E-state index in [1.165, 1.54) is 0 Å². The zero-order valence-corrected chi connectivity index (χ0v) is 10.9. The summed E-state index contributed by atoms with van der Waals surface area (Å²) in [5.74, 6) is 0.818. The Morgan fingerprint density at radius 2 is 1.32 bits per heavy atom. The lowest BCUT2D eigenvalue weighted by atomic mass is 10.2. The van der Waals surface area contributed by atoms with Crippen molar-refractivity contribution in [2.75, 3.05) is 52.6 Å². The summed E-state index contributed by atoms with van der Waals surface area (Å²) in [6, 6.07) is 0. The van der Waals surface area contributed by atoms with Crippen molar-refractivity contribution in [3.8, 4) is 0 Å². The van der Waals surface area contributed by atoms with Crippen LogP contribution in [-0.2, 0) is 9.47 Å². The van der Waals surface area contributed by atoms with Crippen LogP contribution in [-0.4, -0.2) is 77.4 Å².